The summed E-state index contributed by atoms with van der Waals surface area (Å²) in [6, 6.07) is 21.0. The Hall–Kier alpha value is -3.71. The van der Waals surface area contributed by atoms with Crippen molar-refractivity contribution in [1.82, 2.24) is 4.57 Å². The number of ketones is 1. The standard InChI is InChI=1S/C30H32N4O5S.HI/c1-3-39-29(36)19-34(40(37,38)20-22-7-5-4-6-8-22)24-14-15-27-25(17-24)26(18-33(27)2)28(35)16-11-21-9-12-23(13-10-21)30(31)32;/h4-10,12-15,17-18H,3,11,16,19-20H2,1-2H3,(H3,31,32);1H. The number of nitrogen functional groups attached to an aromatic ring is 1. The minimum Gasteiger partial charge on any atom is -0.465 e. The largest absolute Gasteiger partial charge is 0.465 e. The van der Waals surface area contributed by atoms with Gasteiger partial charge in [0.25, 0.3) is 0 Å². The van der Waals surface area contributed by atoms with Crippen LogP contribution in [0.25, 0.3) is 10.9 Å². The third-order valence-electron chi connectivity index (χ3n) is 6.57. The molecule has 41 heavy (non-hydrogen) atoms. The molecule has 1 heterocycles. The van der Waals surface area contributed by atoms with Crippen molar-refractivity contribution in [3.05, 3.63) is 101 Å². The molecule has 4 rings (SSSR count). The van der Waals surface area contributed by atoms with E-state index in [0.717, 1.165) is 15.4 Å². The molecule has 11 heteroatoms. The maximum Gasteiger partial charge on any atom is 0.326 e. The highest BCUT2D eigenvalue weighted by Gasteiger charge is 2.27. The number of sulfonamides is 1. The van der Waals surface area contributed by atoms with E-state index in [1.807, 2.05) is 23.7 Å². The molecule has 0 fully saturated rings. The Labute approximate surface area is 256 Å². The lowest BCUT2D eigenvalue weighted by atomic mass is 10.0. The van der Waals surface area contributed by atoms with Crippen molar-refractivity contribution in [1.29, 1.82) is 5.41 Å². The van der Waals surface area contributed by atoms with E-state index in [1.165, 1.54) is 0 Å². The Morgan fingerprint density at radius 2 is 1.68 bits per heavy atom. The van der Waals surface area contributed by atoms with Crippen LogP contribution in [0.2, 0.25) is 0 Å². The number of nitrogens with two attached hydrogens (primary N) is 1. The Balaban J connectivity index is 0.00000462. The summed E-state index contributed by atoms with van der Waals surface area (Å²) in [6.07, 6.45) is 2.47. The van der Waals surface area contributed by atoms with E-state index in [1.54, 1.807) is 73.8 Å². The average molecular weight is 689 g/mol. The summed E-state index contributed by atoms with van der Waals surface area (Å²) in [5, 5.41) is 8.12. The molecule has 9 nitrogen and oxygen atoms in total. The van der Waals surface area contributed by atoms with Crippen LogP contribution in [0.1, 0.15) is 40.4 Å². The number of amidine groups is 1. The number of carbonyl (C=O) groups is 2. The lowest BCUT2D eigenvalue weighted by Gasteiger charge is -2.24. The van der Waals surface area contributed by atoms with Crippen molar-refractivity contribution in [2.45, 2.75) is 25.5 Å². The number of anilines is 1. The number of halogens is 1. The molecule has 0 aliphatic carbocycles. The zero-order valence-electron chi connectivity index (χ0n) is 22.9. The number of esters is 1. The zero-order chi connectivity index (χ0) is 28.9. The van der Waals surface area contributed by atoms with Gasteiger partial charge in [-0.05, 0) is 42.7 Å². The number of fused-ring (bicyclic) bond motifs is 1. The van der Waals surface area contributed by atoms with E-state index < -0.39 is 22.5 Å². The molecule has 1 aromatic heterocycles. The van der Waals surface area contributed by atoms with Crippen LogP contribution in [0.5, 0.6) is 0 Å². The molecule has 0 atom stereocenters. The van der Waals surface area contributed by atoms with Gasteiger partial charge in [-0.25, -0.2) is 8.42 Å². The van der Waals surface area contributed by atoms with Gasteiger partial charge in [-0.3, -0.25) is 19.3 Å². The van der Waals surface area contributed by atoms with Crippen molar-refractivity contribution < 1.29 is 22.7 Å². The van der Waals surface area contributed by atoms with Gasteiger partial charge in [0, 0.05) is 41.7 Å². The zero-order valence-corrected chi connectivity index (χ0v) is 26.0. The van der Waals surface area contributed by atoms with Gasteiger partial charge in [-0.15, -0.1) is 24.0 Å². The lowest BCUT2D eigenvalue weighted by Crippen LogP contribution is -2.37. The summed E-state index contributed by atoms with van der Waals surface area (Å²) in [7, 11) is -2.15. The first-order valence-corrected chi connectivity index (χ1v) is 14.5. The van der Waals surface area contributed by atoms with E-state index in [9.17, 15) is 18.0 Å². The summed E-state index contributed by atoms with van der Waals surface area (Å²) in [5.74, 6) is -1.08. The number of hydrogen-bond acceptors (Lipinski definition) is 6. The van der Waals surface area contributed by atoms with Crippen LogP contribution in [0.3, 0.4) is 0 Å². The molecule has 3 N–H and O–H groups in total. The highest BCUT2D eigenvalue weighted by atomic mass is 127. The van der Waals surface area contributed by atoms with Gasteiger partial charge >= 0.3 is 5.97 Å². The first kappa shape index (κ1) is 31.8. The molecule has 3 aromatic carbocycles. The maximum atomic E-state index is 13.6. The highest BCUT2D eigenvalue weighted by Crippen LogP contribution is 2.30. The second kappa shape index (κ2) is 13.8. The van der Waals surface area contributed by atoms with Crippen molar-refractivity contribution in [2.24, 2.45) is 12.8 Å². The quantitative estimate of drug-likeness (QED) is 0.0723. The number of carbonyl (C=O) groups excluding carboxylic acids is 2. The Kier molecular flexibility index (Phi) is 10.7. The van der Waals surface area contributed by atoms with Crippen LogP contribution in [0.15, 0.2) is 79.0 Å². The number of Topliss-reactive ketones (excluding diaryl/α,β-unsaturated/α-hetero) is 1. The van der Waals surface area contributed by atoms with E-state index in [4.69, 9.17) is 15.9 Å². The summed E-state index contributed by atoms with van der Waals surface area (Å²) in [5.41, 5.74) is 9.16. The van der Waals surface area contributed by atoms with Crippen molar-refractivity contribution in [3.8, 4) is 0 Å². The molecule has 4 aromatic rings. The predicted octanol–water partition coefficient (Wildman–Crippen LogP) is 4.80. The first-order valence-electron chi connectivity index (χ1n) is 12.8. The number of ether oxygens (including phenoxy) is 1. The molecule has 0 saturated carbocycles. The van der Waals surface area contributed by atoms with Gasteiger partial charge in [0.05, 0.1) is 18.0 Å². The summed E-state index contributed by atoms with van der Waals surface area (Å²) < 4.78 is 35.0. The average Bonchev–Trinajstić information content (AvgIpc) is 3.26. The number of aromatic nitrogens is 1. The van der Waals surface area contributed by atoms with Crippen molar-refractivity contribution in [2.75, 3.05) is 17.5 Å². The molecular weight excluding hydrogens is 655 g/mol. The van der Waals surface area contributed by atoms with Gasteiger partial charge in [0.15, 0.2) is 5.78 Å². The van der Waals surface area contributed by atoms with Crippen LogP contribution >= 0.6 is 24.0 Å². The van der Waals surface area contributed by atoms with Crippen LogP contribution < -0.4 is 10.0 Å². The summed E-state index contributed by atoms with van der Waals surface area (Å²) >= 11 is 0. The first-order chi connectivity index (χ1) is 19.1. The summed E-state index contributed by atoms with van der Waals surface area (Å²) in [6.45, 7) is 1.30. The number of nitrogens with one attached hydrogen (secondary N) is 1. The molecule has 0 spiro atoms. The third-order valence-corrected chi connectivity index (χ3v) is 8.28. The smallest absolute Gasteiger partial charge is 0.326 e. The van der Waals surface area contributed by atoms with Crippen LogP contribution in [0.4, 0.5) is 5.69 Å². The number of benzene rings is 3. The number of hydrogen-bond donors (Lipinski definition) is 2. The van der Waals surface area contributed by atoms with E-state index in [2.05, 4.69) is 0 Å². The monoisotopic (exact) mass is 688 g/mol. The van der Waals surface area contributed by atoms with E-state index in [-0.39, 0.29) is 60.1 Å². The second-order valence-electron chi connectivity index (χ2n) is 9.44. The predicted molar refractivity (Wildman–Crippen MR) is 171 cm³/mol. The Bertz CT molecular complexity index is 1650. The fraction of sp³-hybridized carbons (Fsp3) is 0.233. The van der Waals surface area contributed by atoms with Gasteiger partial charge in [-0.1, -0.05) is 54.6 Å². The summed E-state index contributed by atoms with van der Waals surface area (Å²) in [4.78, 5) is 25.8. The number of nitrogens with zero attached hydrogens (tertiary/aromatic N) is 2. The van der Waals surface area contributed by atoms with E-state index in [0.29, 0.717) is 28.5 Å². The van der Waals surface area contributed by atoms with E-state index >= 15 is 0 Å². The molecule has 0 radical (unpaired) electrons. The number of rotatable bonds is 12. The minimum atomic E-state index is -3.98. The normalized spacial score (nSPS) is 11.1. The molecule has 0 amide bonds. The molecule has 0 saturated heterocycles. The van der Waals surface area contributed by atoms with Gasteiger partial charge in [0.1, 0.15) is 12.4 Å². The number of aryl methyl sites for hydroxylation is 2. The third kappa shape index (κ3) is 7.73. The molecule has 216 valence electrons. The van der Waals surface area contributed by atoms with Crippen LogP contribution in [0, 0.1) is 5.41 Å². The van der Waals surface area contributed by atoms with Crippen molar-refractivity contribution >= 4 is 68.2 Å². The molecule has 0 aliphatic heterocycles. The Morgan fingerprint density at radius 3 is 2.32 bits per heavy atom. The topological polar surface area (TPSA) is 136 Å². The van der Waals surface area contributed by atoms with Gasteiger partial charge in [0.2, 0.25) is 10.0 Å². The van der Waals surface area contributed by atoms with Gasteiger partial charge < -0.3 is 15.0 Å². The van der Waals surface area contributed by atoms with Crippen LogP contribution in [-0.2, 0) is 38.8 Å². The van der Waals surface area contributed by atoms with Gasteiger partial charge in [-0.2, -0.15) is 0 Å². The second-order valence-corrected chi connectivity index (χ2v) is 11.3. The fourth-order valence-electron chi connectivity index (χ4n) is 4.54. The Morgan fingerprint density at radius 1 is 1.00 bits per heavy atom. The molecular formula is C30H33IN4O5S. The fourth-order valence-corrected chi connectivity index (χ4v) is 6.04. The minimum absolute atomic E-state index is 0. The molecule has 0 aliphatic rings. The SMILES string of the molecule is CCOC(=O)CN(c1ccc2c(c1)c(C(=O)CCc1ccc(C(=N)N)cc1)cn2C)S(=O)(=O)Cc1ccccc1.I. The molecule has 0 bridgehead atoms. The van der Waals surface area contributed by atoms with Crippen LogP contribution in [-0.4, -0.2) is 43.7 Å². The van der Waals surface area contributed by atoms with Crippen molar-refractivity contribution in [3.63, 3.8) is 0 Å². The highest BCUT2D eigenvalue weighted by molar-refractivity contribution is 14.0. The maximum absolute atomic E-state index is 13.6. The molecule has 0 unspecified atom stereocenters. The lowest BCUT2D eigenvalue weighted by molar-refractivity contribution is -0.141.